The Hall–Kier alpha value is -1.13. The summed E-state index contributed by atoms with van der Waals surface area (Å²) in [6.45, 7) is 8.45. The molecule has 2 fully saturated rings. The summed E-state index contributed by atoms with van der Waals surface area (Å²) < 4.78 is 16.5. The summed E-state index contributed by atoms with van der Waals surface area (Å²) in [4.78, 5) is 11.5. The van der Waals surface area contributed by atoms with Gasteiger partial charge >= 0.3 is 0 Å². The molecule has 0 amide bonds. The van der Waals surface area contributed by atoms with Crippen LogP contribution in [-0.2, 0) is 16.0 Å². The standard InChI is InChI=1S/C21H34N4O3.HI/c1-3-22-21(25-9-7-19(14-25)15-27-11-10-26-2)24-13-18-6-8-23-20(12-18)28-16-17-4-5-17;/h6,8,12,17,19H,3-5,7,9-11,13-16H2,1-2H3,(H,22,24);1H. The minimum Gasteiger partial charge on any atom is -0.477 e. The van der Waals surface area contributed by atoms with Gasteiger partial charge in [-0.05, 0) is 43.7 Å². The van der Waals surface area contributed by atoms with E-state index >= 15 is 0 Å². The molecule has 0 bridgehead atoms. The summed E-state index contributed by atoms with van der Waals surface area (Å²) in [7, 11) is 1.70. The van der Waals surface area contributed by atoms with Gasteiger partial charge in [0, 0.05) is 44.9 Å². The van der Waals surface area contributed by atoms with Crippen molar-refractivity contribution in [3.8, 4) is 5.88 Å². The van der Waals surface area contributed by atoms with Crippen LogP contribution >= 0.6 is 24.0 Å². The molecule has 2 aliphatic rings. The van der Waals surface area contributed by atoms with Gasteiger partial charge in [0.1, 0.15) is 0 Å². The molecule has 29 heavy (non-hydrogen) atoms. The summed E-state index contributed by atoms with van der Waals surface area (Å²) in [5.74, 6) is 2.95. The number of pyridine rings is 1. The number of methoxy groups -OCH3 is 1. The van der Waals surface area contributed by atoms with Gasteiger partial charge in [0.15, 0.2) is 5.96 Å². The van der Waals surface area contributed by atoms with Gasteiger partial charge in [-0.15, -0.1) is 24.0 Å². The van der Waals surface area contributed by atoms with Crippen molar-refractivity contribution < 1.29 is 14.2 Å². The molecular formula is C21H35IN4O3. The van der Waals surface area contributed by atoms with Crippen LogP contribution in [0.25, 0.3) is 0 Å². The fraction of sp³-hybridized carbons (Fsp3) is 0.714. The lowest BCUT2D eigenvalue weighted by atomic mass is 10.1. The van der Waals surface area contributed by atoms with Crippen molar-refractivity contribution in [3.05, 3.63) is 23.9 Å². The minimum atomic E-state index is 0. The zero-order valence-corrected chi connectivity index (χ0v) is 20.0. The number of likely N-dealkylation sites (tertiary alicyclic amines) is 1. The van der Waals surface area contributed by atoms with Crippen LogP contribution in [0.5, 0.6) is 5.88 Å². The molecule has 7 nitrogen and oxygen atoms in total. The highest BCUT2D eigenvalue weighted by molar-refractivity contribution is 14.0. The van der Waals surface area contributed by atoms with Crippen molar-refractivity contribution in [2.45, 2.75) is 32.7 Å². The Balaban J connectivity index is 0.00000300. The Kier molecular flexibility index (Phi) is 11.0. The van der Waals surface area contributed by atoms with Gasteiger partial charge in [-0.25, -0.2) is 9.98 Å². The van der Waals surface area contributed by atoms with Crippen LogP contribution in [0.3, 0.4) is 0 Å². The van der Waals surface area contributed by atoms with Crippen molar-refractivity contribution >= 4 is 29.9 Å². The van der Waals surface area contributed by atoms with Crippen LogP contribution in [0.15, 0.2) is 23.3 Å². The van der Waals surface area contributed by atoms with E-state index in [-0.39, 0.29) is 24.0 Å². The van der Waals surface area contributed by atoms with Crippen molar-refractivity contribution in [2.24, 2.45) is 16.8 Å². The average Bonchev–Trinajstić information content (AvgIpc) is 3.43. The Morgan fingerprint density at radius 2 is 2.10 bits per heavy atom. The van der Waals surface area contributed by atoms with Gasteiger partial charge in [0.2, 0.25) is 5.88 Å². The van der Waals surface area contributed by atoms with E-state index in [0.29, 0.717) is 31.6 Å². The lowest BCUT2D eigenvalue weighted by Crippen LogP contribution is -2.40. The quantitative estimate of drug-likeness (QED) is 0.210. The third-order valence-electron chi connectivity index (χ3n) is 5.08. The summed E-state index contributed by atoms with van der Waals surface area (Å²) in [6, 6.07) is 4.01. The van der Waals surface area contributed by atoms with E-state index in [1.807, 2.05) is 18.3 Å². The first-order valence-electron chi connectivity index (χ1n) is 10.5. The molecule has 8 heteroatoms. The van der Waals surface area contributed by atoms with E-state index in [0.717, 1.165) is 56.7 Å². The maximum absolute atomic E-state index is 5.79. The molecule has 1 aliphatic carbocycles. The van der Waals surface area contributed by atoms with E-state index in [2.05, 4.69) is 22.1 Å². The molecule has 0 spiro atoms. The van der Waals surface area contributed by atoms with Crippen LogP contribution in [-0.4, -0.2) is 69.0 Å². The number of ether oxygens (including phenoxy) is 3. The number of hydrogen-bond acceptors (Lipinski definition) is 5. The number of rotatable bonds is 11. The van der Waals surface area contributed by atoms with Gasteiger partial charge in [-0.3, -0.25) is 0 Å². The maximum atomic E-state index is 5.79. The van der Waals surface area contributed by atoms with Gasteiger partial charge in [0.25, 0.3) is 0 Å². The van der Waals surface area contributed by atoms with Crippen LogP contribution in [0.2, 0.25) is 0 Å². The molecule has 1 atom stereocenters. The Labute approximate surface area is 191 Å². The largest absolute Gasteiger partial charge is 0.477 e. The first-order valence-corrected chi connectivity index (χ1v) is 10.5. The van der Waals surface area contributed by atoms with Crippen LogP contribution < -0.4 is 10.1 Å². The molecule has 1 aromatic heterocycles. The molecule has 2 heterocycles. The van der Waals surface area contributed by atoms with E-state index in [4.69, 9.17) is 19.2 Å². The molecule has 1 saturated heterocycles. The normalized spacial score (nSPS) is 19.2. The number of hydrogen-bond donors (Lipinski definition) is 1. The number of guanidine groups is 1. The Bertz CT molecular complexity index is 628. The van der Waals surface area contributed by atoms with Crippen molar-refractivity contribution in [1.82, 2.24) is 15.2 Å². The average molecular weight is 518 g/mol. The van der Waals surface area contributed by atoms with Gasteiger partial charge in [0.05, 0.1) is 33.0 Å². The van der Waals surface area contributed by atoms with E-state index in [1.165, 1.54) is 12.8 Å². The monoisotopic (exact) mass is 518 g/mol. The molecule has 164 valence electrons. The number of halogens is 1. The highest BCUT2D eigenvalue weighted by Gasteiger charge is 2.25. The molecule has 3 rings (SSSR count). The first kappa shape index (κ1) is 24.1. The summed E-state index contributed by atoms with van der Waals surface area (Å²) in [5, 5.41) is 3.42. The highest BCUT2D eigenvalue weighted by atomic mass is 127. The van der Waals surface area contributed by atoms with Crippen molar-refractivity contribution in [3.63, 3.8) is 0 Å². The smallest absolute Gasteiger partial charge is 0.213 e. The van der Waals surface area contributed by atoms with Crippen molar-refractivity contribution in [1.29, 1.82) is 0 Å². The molecule has 1 aromatic rings. The minimum absolute atomic E-state index is 0. The van der Waals surface area contributed by atoms with E-state index in [1.54, 1.807) is 7.11 Å². The molecule has 1 aliphatic heterocycles. The van der Waals surface area contributed by atoms with Crippen molar-refractivity contribution in [2.75, 3.05) is 53.2 Å². The second-order valence-corrected chi connectivity index (χ2v) is 7.60. The number of aliphatic imine (C=N–C) groups is 1. The van der Waals surface area contributed by atoms with E-state index in [9.17, 15) is 0 Å². The van der Waals surface area contributed by atoms with E-state index < -0.39 is 0 Å². The topological polar surface area (TPSA) is 68.2 Å². The van der Waals surface area contributed by atoms with Gasteiger partial charge in [-0.1, -0.05) is 0 Å². The third kappa shape index (κ3) is 8.64. The van der Waals surface area contributed by atoms with Gasteiger partial charge in [-0.2, -0.15) is 0 Å². The Morgan fingerprint density at radius 1 is 1.24 bits per heavy atom. The molecule has 0 aromatic carbocycles. The molecular weight excluding hydrogens is 483 g/mol. The fourth-order valence-electron chi connectivity index (χ4n) is 3.26. The molecule has 1 saturated carbocycles. The zero-order valence-electron chi connectivity index (χ0n) is 17.6. The van der Waals surface area contributed by atoms with Crippen LogP contribution in [0.1, 0.15) is 31.7 Å². The first-order chi connectivity index (χ1) is 13.8. The number of nitrogens with zero attached hydrogens (tertiary/aromatic N) is 3. The zero-order chi connectivity index (χ0) is 19.6. The predicted molar refractivity (Wildman–Crippen MR) is 125 cm³/mol. The lowest BCUT2D eigenvalue weighted by Gasteiger charge is -2.21. The predicted octanol–water partition coefficient (Wildman–Crippen LogP) is 2.94. The van der Waals surface area contributed by atoms with Crippen LogP contribution in [0.4, 0.5) is 0 Å². The second kappa shape index (κ2) is 13.2. The fourth-order valence-corrected chi connectivity index (χ4v) is 3.26. The summed E-state index contributed by atoms with van der Waals surface area (Å²) in [5.41, 5.74) is 1.12. The number of aromatic nitrogens is 1. The second-order valence-electron chi connectivity index (χ2n) is 7.60. The molecule has 0 radical (unpaired) electrons. The summed E-state index contributed by atoms with van der Waals surface area (Å²) >= 11 is 0. The Morgan fingerprint density at radius 3 is 2.86 bits per heavy atom. The third-order valence-corrected chi connectivity index (χ3v) is 5.08. The molecule has 1 N–H and O–H groups in total. The SMILES string of the molecule is CCNC(=NCc1ccnc(OCC2CC2)c1)N1CCC(COCCOC)C1.I. The summed E-state index contributed by atoms with van der Waals surface area (Å²) in [6.07, 6.45) is 5.50. The highest BCUT2D eigenvalue weighted by Crippen LogP contribution is 2.29. The number of nitrogens with one attached hydrogen (secondary N) is 1. The van der Waals surface area contributed by atoms with Crippen LogP contribution in [0, 0.1) is 11.8 Å². The maximum Gasteiger partial charge on any atom is 0.213 e. The lowest BCUT2D eigenvalue weighted by molar-refractivity contribution is 0.0536. The van der Waals surface area contributed by atoms with Gasteiger partial charge < -0.3 is 24.4 Å². The molecule has 1 unspecified atom stereocenters.